The fourth-order valence-electron chi connectivity index (χ4n) is 3.78. The number of Topliss-reactive ketones (excluding diaryl/α,β-unsaturated/α-hetero) is 1. The first-order valence-corrected chi connectivity index (χ1v) is 8.94. The van der Waals surface area contributed by atoms with Crippen LogP contribution >= 0.6 is 0 Å². The summed E-state index contributed by atoms with van der Waals surface area (Å²) in [6.07, 6.45) is 7.58. The van der Waals surface area contributed by atoms with Crippen LogP contribution in [0.1, 0.15) is 43.2 Å². The Balaban J connectivity index is 1.72. The van der Waals surface area contributed by atoms with Gasteiger partial charge in [0.25, 0.3) is 0 Å². The van der Waals surface area contributed by atoms with Gasteiger partial charge in [-0.05, 0) is 36.8 Å². The molecule has 120 valence electrons. The average molecular weight is 306 g/mol. The number of carbonyl (C=O) groups excluding carboxylic acids is 1. The third-order valence-electron chi connectivity index (χ3n) is 5.06. The van der Waals surface area contributed by atoms with Crippen LogP contribution in [0.5, 0.6) is 0 Å². The lowest BCUT2D eigenvalue weighted by molar-refractivity contribution is -0.127. The number of hydrogen-bond acceptors (Lipinski definition) is 1. The Kier molecular flexibility index (Phi) is 5.63. The largest absolute Gasteiger partial charge is 0.299 e. The highest BCUT2D eigenvalue weighted by molar-refractivity contribution is 5.84. The zero-order chi connectivity index (χ0) is 15.9. The van der Waals surface area contributed by atoms with E-state index in [-0.39, 0.29) is 11.8 Å². The van der Waals surface area contributed by atoms with Crippen LogP contribution in [0.4, 0.5) is 0 Å². The summed E-state index contributed by atoms with van der Waals surface area (Å²) in [4.78, 5) is 13.1. The first-order chi connectivity index (χ1) is 11.3. The van der Waals surface area contributed by atoms with Crippen LogP contribution in [0.15, 0.2) is 60.7 Å². The molecule has 1 saturated carbocycles. The minimum absolute atomic E-state index is 0.200. The van der Waals surface area contributed by atoms with Gasteiger partial charge in [-0.2, -0.15) is 0 Å². The molecule has 0 heterocycles. The molecular weight excluding hydrogens is 280 g/mol. The monoisotopic (exact) mass is 306 g/mol. The van der Waals surface area contributed by atoms with Crippen LogP contribution in [-0.2, 0) is 17.6 Å². The summed E-state index contributed by atoms with van der Waals surface area (Å²) in [5.41, 5.74) is 2.59. The fourth-order valence-corrected chi connectivity index (χ4v) is 3.78. The van der Waals surface area contributed by atoms with Crippen LogP contribution < -0.4 is 0 Å². The van der Waals surface area contributed by atoms with E-state index in [1.54, 1.807) is 0 Å². The lowest BCUT2D eigenvalue weighted by atomic mass is 9.78. The zero-order valence-corrected chi connectivity index (χ0v) is 13.8. The van der Waals surface area contributed by atoms with Gasteiger partial charge in [-0.1, -0.05) is 79.9 Å². The first kappa shape index (κ1) is 16.0. The molecule has 23 heavy (non-hydrogen) atoms. The molecule has 0 bridgehead atoms. The predicted molar refractivity (Wildman–Crippen MR) is 95.4 cm³/mol. The molecule has 1 nitrogen and oxygen atoms in total. The molecule has 0 saturated heterocycles. The van der Waals surface area contributed by atoms with Crippen LogP contribution in [0, 0.1) is 11.8 Å². The van der Waals surface area contributed by atoms with E-state index in [0.29, 0.717) is 5.78 Å². The number of hydrogen-bond donors (Lipinski definition) is 0. The maximum Gasteiger partial charge on any atom is 0.139 e. The number of benzene rings is 2. The molecule has 0 amide bonds. The van der Waals surface area contributed by atoms with E-state index in [1.807, 2.05) is 12.1 Å². The van der Waals surface area contributed by atoms with Crippen LogP contribution in [0.2, 0.25) is 0 Å². The Morgan fingerprint density at radius 2 is 1.09 bits per heavy atom. The zero-order valence-electron chi connectivity index (χ0n) is 13.8. The topological polar surface area (TPSA) is 17.1 Å². The minimum atomic E-state index is 0.200. The Hall–Kier alpha value is -1.89. The highest BCUT2D eigenvalue weighted by Gasteiger charge is 2.28. The van der Waals surface area contributed by atoms with Crippen molar-refractivity contribution in [3.05, 3.63) is 71.8 Å². The van der Waals surface area contributed by atoms with Gasteiger partial charge < -0.3 is 0 Å². The van der Waals surface area contributed by atoms with Gasteiger partial charge in [0.05, 0.1) is 0 Å². The van der Waals surface area contributed by atoms with Crippen molar-refractivity contribution in [2.75, 3.05) is 0 Å². The van der Waals surface area contributed by atoms with E-state index in [1.165, 1.54) is 30.4 Å². The minimum Gasteiger partial charge on any atom is -0.299 e. The Bertz CT molecular complexity index is 549. The van der Waals surface area contributed by atoms with Crippen molar-refractivity contribution < 1.29 is 4.79 Å². The molecule has 3 rings (SSSR count). The third-order valence-corrected chi connectivity index (χ3v) is 5.06. The summed E-state index contributed by atoms with van der Waals surface area (Å²) >= 11 is 0. The Labute approximate surface area is 139 Å². The Morgan fingerprint density at radius 1 is 0.652 bits per heavy atom. The van der Waals surface area contributed by atoms with Gasteiger partial charge in [-0.25, -0.2) is 0 Å². The predicted octanol–water partition coefficient (Wildman–Crippen LogP) is 5.24. The maximum atomic E-state index is 13.1. The molecule has 2 atom stereocenters. The second-order valence-electron chi connectivity index (χ2n) is 6.81. The molecule has 1 heteroatoms. The second kappa shape index (κ2) is 8.10. The SMILES string of the molecule is O=C1[C@H](Cc2ccccc2)CCCCC[C@H]1Cc1ccccc1. The van der Waals surface area contributed by atoms with E-state index < -0.39 is 0 Å². The quantitative estimate of drug-likeness (QED) is 0.755. The van der Waals surface area contributed by atoms with Gasteiger partial charge in [0, 0.05) is 11.8 Å². The van der Waals surface area contributed by atoms with Gasteiger partial charge in [0.15, 0.2) is 0 Å². The van der Waals surface area contributed by atoms with E-state index in [0.717, 1.165) is 25.7 Å². The highest BCUT2D eigenvalue weighted by atomic mass is 16.1. The van der Waals surface area contributed by atoms with Gasteiger partial charge in [-0.15, -0.1) is 0 Å². The van der Waals surface area contributed by atoms with Crippen LogP contribution in [0.25, 0.3) is 0 Å². The molecule has 2 aromatic rings. The van der Waals surface area contributed by atoms with Crippen molar-refractivity contribution in [2.45, 2.75) is 44.9 Å². The van der Waals surface area contributed by atoms with E-state index in [9.17, 15) is 4.79 Å². The van der Waals surface area contributed by atoms with Crippen molar-refractivity contribution in [1.29, 1.82) is 0 Å². The van der Waals surface area contributed by atoms with Gasteiger partial charge >= 0.3 is 0 Å². The van der Waals surface area contributed by atoms with Gasteiger partial charge in [0.2, 0.25) is 0 Å². The highest BCUT2D eigenvalue weighted by Crippen LogP contribution is 2.28. The normalized spacial score (nSPS) is 22.3. The van der Waals surface area contributed by atoms with Crippen molar-refractivity contribution in [2.24, 2.45) is 11.8 Å². The summed E-state index contributed by atoms with van der Waals surface area (Å²) < 4.78 is 0. The smallest absolute Gasteiger partial charge is 0.139 e. The van der Waals surface area contributed by atoms with Gasteiger partial charge in [-0.3, -0.25) is 4.79 Å². The summed E-state index contributed by atoms with van der Waals surface area (Å²) in [6, 6.07) is 21.0. The molecular formula is C22H26O. The molecule has 0 radical (unpaired) electrons. The molecule has 0 N–H and O–H groups in total. The summed E-state index contributed by atoms with van der Waals surface area (Å²) in [7, 11) is 0. The number of carbonyl (C=O) groups is 1. The average Bonchev–Trinajstić information content (AvgIpc) is 2.59. The van der Waals surface area contributed by atoms with Crippen molar-refractivity contribution in [1.82, 2.24) is 0 Å². The molecule has 2 aromatic carbocycles. The van der Waals surface area contributed by atoms with Crippen molar-refractivity contribution in [3.63, 3.8) is 0 Å². The molecule has 1 fully saturated rings. The summed E-state index contributed by atoms with van der Waals surface area (Å²) in [6.45, 7) is 0. The number of rotatable bonds is 4. The maximum absolute atomic E-state index is 13.1. The summed E-state index contributed by atoms with van der Waals surface area (Å²) in [5, 5.41) is 0. The van der Waals surface area contributed by atoms with E-state index in [2.05, 4.69) is 48.5 Å². The first-order valence-electron chi connectivity index (χ1n) is 8.94. The molecule has 1 aliphatic carbocycles. The second-order valence-corrected chi connectivity index (χ2v) is 6.81. The van der Waals surface area contributed by atoms with E-state index >= 15 is 0 Å². The van der Waals surface area contributed by atoms with Crippen molar-refractivity contribution in [3.8, 4) is 0 Å². The fraction of sp³-hybridized carbons (Fsp3) is 0.409. The molecule has 0 aromatic heterocycles. The van der Waals surface area contributed by atoms with E-state index in [4.69, 9.17) is 0 Å². The summed E-state index contributed by atoms with van der Waals surface area (Å²) in [5.74, 6) is 0.898. The van der Waals surface area contributed by atoms with Crippen LogP contribution in [0.3, 0.4) is 0 Å². The number of ketones is 1. The lowest BCUT2D eigenvalue weighted by Crippen LogP contribution is -2.28. The standard InChI is InChI=1S/C22H26O/c23-22-20(16-18-10-4-1-5-11-18)14-8-3-9-15-21(22)17-19-12-6-2-7-13-19/h1-2,4-7,10-13,20-21H,3,8-9,14-17H2/t20-,21-/m0/s1. The van der Waals surface area contributed by atoms with Crippen molar-refractivity contribution >= 4 is 5.78 Å². The molecule has 0 aliphatic heterocycles. The van der Waals surface area contributed by atoms with Crippen LogP contribution in [-0.4, -0.2) is 5.78 Å². The molecule has 0 spiro atoms. The molecule has 0 unspecified atom stereocenters. The lowest BCUT2D eigenvalue weighted by Gasteiger charge is -2.25. The Morgan fingerprint density at radius 3 is 1.52 bits per heavy atom. The van der Waals surface area contributed by atoms with Gasteiger partial charge in [0.1, 0.15) is 5.78 Å². The molecule has 1 aliphatic rings. The third kappa shape index (κ3) is 4.54.